The molecule has 4 heteroatoms. The van der Waals surface area contributed by atoms with Crippen LogP contribution < -0.4 is 0 Å². The second-order valence-electron chi connectivity index (χ2n) is 3.07. The number of pyridine rings is 1. The molecule has 1 heterocycles. The van der Waals surface area contributed by atoms with Gasteiger partial charge in [-0.1, -0.05) is 36.4 Å². The molecule has 0 fully saturated rings. The van der Waals surface area contributed by atoms with E-state index in [0.29, 0.717) is 5.56 Å². The fraction of sp³-hybridized carbons (Fsp3) is 0. The van der Waals surface area contributed by atoms with Gasteiger partial charge in [0, 0.05) is 31.9 Å². The van der Waals surface area contributed by atoms with Crippen LogP contribution in [0.2, 0.25) is 0 Å². The Hall–Kier alpha value is -1.51. The van der Waals surface area contributed by atoms with Gasteiger partial charge < -0.3 is 5.11 Å². The van der Waals surface area contributed by atoms with E-state index >= 15 is 0 Å². The third-order valence-corrected chi connectivity index (χ3v) is 2.10. The molecule has 0 spiro atoms. The largest absolute Gasteiger partial charge is 0.476 e. The molecule has 0 saturated carbocycles. The van der Waals surface area contributed by atoms with Gasteiger partial charge in [-0.25, -0.2) is 9.78 Å². The monoisotopic (exact) mass is 392 g/mol. The molecule has 1 N–H and O–H groups in total. The first kappa shape index (κ1) is 12.6. The van der Waals surface area contributed by atoms with Crippen LogP contribution in [0.25, 0.3) is 11.1 Å². The summed E-state index contributed by atoms with van der Waals surface area (Å²) in [6.07, 6.45) is 1.48. The molecule has 1 radical (unpaired) electrons. The summed E-state index contributed by atoms with van der Waals surface area (Å²) in [4.78, 5) is 14.8. The Labute approximate surface area is 107 Å². The smallest absolute Gasteiger partial charge is 0.355 e. The zero-order valence-corrected chi connectivity index (χ0v) is 10.6. The van der Waals surface area contributed by atoms with Gasteiger partial charge in [-0.2, -0.15) is 0 Å². The van der Waals surface area contributed by atoms with Gasteiger partial charge in [0.1, 0.15) is 0 Å². The van der Waals surface area contributed by atoms with Gasteiger partial charge in [-0.05, 0) is 11.6 Å². The number of benzene rings is 1. The number of rotatable bonds is 2. The summed E-state index contributed by atoms with van der Waals surface area (Å²) in [5, 5.41) is 8.96. The van der Waals surface area contributed by atoms with Crippen molar-refractivity contribution in [3.63, 3.8) is 0 Å². The topological polar surface area (TPSA) is 50.2 Å². The van der Waals surface area contributed by atoms with Crippen molar-refractivity contribution in [1.29, 1.82) is 0 Å². The maximum absolute atomic E-state index is 10.9. The number of nitrogens with zero attached hydrogens (tertiary/aromatic N) is 1. The first-order valence-electron chi connectivity index (χ1n) is 4.53. The predicted molar refractivity (Wildman–Crippen MR) is 56.6 cm³/mol. The average Bonchev–Trinajstić information content (AvgIpc) is 2.30. The minimum Gasteiger partial charge on any atom is -0.476 e. The van der Waals surface area contributed by atoms with E-state index in [1.165, 1.54) is 6.20 Å². The number of hydrogen-bond donors (Lipinski definition) is 1. The van der Waals surface area contributed by atoms with E-state index in [1.54, 1.807) is 12.1 Å². The van der Waals surface area contributed by atoms with Gasteiger partial charge in [0.15, 0.2) is 5.69 Å². The van der Waals surface area contributed by atoms with Crippen molar-refractivity contribution in [3.8, 4) is 11.1 Å². The Morgan fingerprint density at radius 1 is 1.06 bits per heavy atom. The van der Waals surface area contributed by atoms with Crippen molar-refractivity contribution in [1.82, 2.24) is 4.98 Å². The second kappa shape index (κ2) is 5.54. The fourth-order valence-corrected chi connectivity index (χ4v) is 1.43. The first-order valence-corrected chi connectivity index (χ1v) is 4.53. The van der Waals surface area contributed by atoms with E-state index in [2.05, 4.69) is 4.98 Å². The van der Waals surface area contributed by atoms with E-state index in [4.69, 9.17) is 5.11 Å². The van der Waals surface area contributed by atoms with Gasteiger partial charge >= 0.3 is 5.97 Å². The van der Waals surface area contributed by atoms with E-state index in [9.17, 15) is 4.79 Å². The van der Waals surface area contributed by atoms with Crippen LogP contribution in [0.3, 0.4) is 0 Å². The molecule has 0 bridgehead atoms. The average molecular weight is 391 g/mol. The van der Waals surface area contributed by atoms with Crippen molar-refractivity contribution in [2.45, 2.75) is 0 Å². The van der Waals surface area contributed by atoms with Gasteiger partial charge in [-0.3, -0.25) is 0 Å². The number of carbonyl (C=O) groups is 1. The Balaban J connectivity index is 0.00000128. The Bertz CT molecular complexity index is 485. The molecule has 2 rings (SSSR count). The molecule has 83 valence electrons. The van der Waals surface area contributed by atoms with Crippen LogP contribution in [-0.4, -0.2) is 16.1 Å². The molecule has 0 saturated heterocycles. The third kappa shape index (κ3) is 2.54. The number of aromatic carboxylic acids is 1. The van der Waals surface area contributed by atoms with Crippen molar-refractivity contribution in [2.75, 3.05) is 0 Å². The normalized spacial score (nSPS) is 9.25. The molecule has 2 aromatic rings. The summed E-state index contributed by atoms with van der Waals surface area (Å²) >= 11 is 0. The molecule has 1 aromatic carbocycles. The third-order valence-electron chi connectivity index (χ3n) is 2.10. The van der Waals surface area contributed by atoms with Gasteiger partial charge in [0.25, 0.3) is 0 Å². The van der Waals surface area contributed by atoms with E-state index in [1.807, 2.05) is 30.3 Å². The van der Waals surface area contributed by atoms with E-state index in [0.717, 1.165) is 5.56 Å². The molecule has 0 aliphatic heterocycles. The Kier molecular flexibility index (Phi) is 4.35. The number of carboxylic acid groups (broad SMARTS) is 1. The standard InChI is InChI=1S/C12H9NO2.Ir/c14-12(15)11-10(7-4-8-13-11)9-5-2-1-3-6-9;/h1-8H,(H,14,15);. The fourth-order valence-electron chi connectivity index (χ4n) is 1.43. The van der Waals surface area contributed by atoms with Crippen LogP contribution in [0, 0.1) is 0 Å². The molecule has 0 atom stereocenters. The van der Waals surface area contributed by atoms with Gasteiger partial charge in [-0.15, -0.1) is 0 Å². The van der Waals surface area contributed by atoms with E-state index < -0.39 is 5.97 Å². The zero-order chi connectivity index (χ0) is 10.7. The molecule has 0 unspecified atom stereocenters. The van der Waals surface area contributed by atoms with Crippen LogP contribution in [0.1, 0.15) is 10.5 Å². The number of carboxylic acids is 1. The van der Waals surface area contributed by atoms with Crippen LogP contribution in [0.15, 0.2) is 48.7 Å². The summed E-state index contributed by atoms with van der Waals surface area (Å²) in [6.45, 7) is 0. The number of aromatic nitrogens is 1. The molecule has 16 heavy (non-hydrogen) atoms. The van der Waals surface area contributed by atoms with Crippen LogP contribution in [0.5, 0.6) is 0 Å². The van der Waals surface area contributed by atoms with Crippen LogP contribution in [0.4, 0.5) is 0 Å². The maximum atomic E-state index is 10.9. The summed E-state index contributed by atoms with van der Waals surface area (Å²) in [7, 11) is 0. The molecular formula is C12H9IrNO2. The van der Waals surface area contributed by atoms with Gasteiger partial charge in [0.2, 0.25) is 0 Å². The molecule has 0 amide bonds. The Morgan fingerprint density at radius 3 is 2.38 bits per heavy atom. The van der Waals surface area contributed by atoms with E-state index in [-0.39, 0.29) is 25.8 Å². The molecule has 1 aromatic heterocycles. The van der Waals surface area contributed by atoms with Gasteiger partial charge in [0.05, 0.1) is 0 Å². The first-order chi connectivity index (χ1) is 7.29. The summed E-state index contributed by atoms with van der Waals surface area (Å²) in [5.74, 6) is -1.01. The Morgan fingerprint density at radius 2 is 1.75 bits per heavy atom. The minimum absolute atomic E-state index is 0. The minimum atomic E-state index is -1.01. The van der Waals surface area contributed by atoms with Crippen molar-refractivity contribution in [2.24, 2.45) is 0 Å². The van der Waals surface area contributed by atoms with Crippen LogP contribution in [-0.2, 0) is 20.1 Å². The molecule has 0 aliphatic rings. The van der Waals surface area contributed by atoms with Crippen molar-refractivity contribution in [3.05, 3.63) is 54.4 Å². The van der Waals surface area contributed by atoms with Crippen molar-refractivity contribution < 1.29 is 30.0 Å². The summed E-state index contributed by atoms with van der Waals surface area (Å²) < 4.78 is 0. The quantitative estimate of drug-likeness (QED) is 0.856. The SMILES string of the molecule is O=C(O)c1ncccc1-c1ccccc1.[Ir]. The molecular weight excluding hydrogens is 382 g/mol. The van der Waals surface area contributed by atoms with Crippen LogP contribution >= 0.6 is 0 Å². The number of hydrogen-bond acceptors (Lipinski definition) is 2. The maximum Gasteiger partial charge on any atom is 0.355 e. The second-order valence-corrected chi connectivity index (χ2v) is 3.07. The molecule has 3 nitrogen and oxygen atoms in total. The van der Waals surface area contributed by atoms with Crippen molar-refractivity contribution >= 4 is 5.97 Å². The zero-order valence-electron chi connectivity index (χ0n) is 8.25. The summed E-state index contributed by atoms with van der Waals surface area (Å²) in [6, 6.07) is 12.8. The molecule has 0 aliphatic carbocycles. The summed E-state index contributed by atoms with van der Waals surface area (Å²) in [5.41, 5.74) is 1.59. The predicted octanol–water partition coefficient (Wildman–Crippen LogP) is 2.44.